The average molecular weight is 198 g/mol. The Labute approximate surface area is 85.4 Å². The molecule has 0 aromatic carbocycles. The molecule has 0 spiro atoms. The summed E-state index contributed by atoms with van der Waals surface area (Å²) in [5.74, 6) is 8.48. The normalized spacial score (nSPS) is 17.9. The topological polar surface area (TPSA) is 15.3 Å². The quantitative estimate of drug-likeness (QED) is 0.527. The highest BCUT2D eigenvalue weighted by Crippen LogP contribution is 2.07. The van der Waals surface area contributed by atoms with Gasteiger partial charge in [-0.15, -0.1) is 5.92 Å². The van der Waals surface area contributed by atoms with Crippen LogP contribution in [0.15, 0.2) is 0 Å². The number of hydrogen-bond donors (Lipinski definition) is 1. The lowest BCUT2D eigenvalue weighted by Gasteiger charge is -2.25. The smallest absolute Gasteiger partial charge is 0.0576 e. The molecule has 13 heavy (non-hydrogen) atoms. The van der Waals surface area contributed by atoms with Crippen molar-refractivity contribution < 1.29 is 0 Å². The molecule has 3 heteroatoms. The number of nitrogens with zero attached hydrogens (tertiary/aromatic N) is 1. The molecule has 2 nitrogen and oxygen atoms in total. The first-order valence-electron chi connectivity index (χ1n) is 4.84. The number of hydrogen-bond acceptors (Lipinski definition) is 3. The van der Waals surface area contributed by atoms with E-state index >= 15 is 0 Å². The van der Waals surface area contributed by atoms with Gasteiger partial charge in [0.05, 0.1) is 6.54 Å². The fourth-order valence-corrected chi connectivity index (χ4v) is 2.28. The minimum atomic E-state index is 0.832. The van der Waals surface area contributed by atoms with E-state index in [1.54, 1.807) is 0 Å². The predicted molar refractivity (Wildman–Crippen MR) is 60.1 cm³/mol. The van der Waals surface area contributed by atoms with Crippen LogP contribution in [0.4, 0.5) is 0 Å². The maximum atomic E-state index is 3.31. The monoisotopic (exact) mass is 198 g/mol. The molecule has 1 aliphatic rings. The highest BCUT2D eigenvalue weighted by molar-refractivity contribution is 7.99. The molecule has 1 saturated heterocycles. The third-order valence-electron chi connectivity index (χ3n) is 2.10. The van der Waals surface area contributed by atoms with Crippen LogP contribution in [-0.4, -0.2) is 49.1 Å². The van der Waals surface area contributed by atoms with Crippen LogP contribution in [-0.2, 0) is 0 Å². The lowest BCUT2D eigenvalue weighted by Crippen LogP contribution is -2.37. The van der Waals surface area contributed by atoms with E-state index in [0.717, 1.165) is 13.1 Å². The molecule has 0 aromatic rings. The van der Waals surface area contributed by atoms with Crippen LogP contribution in [0.2, 0.25) is 0 Å². The Morgan fingerprint density at radius 1 is 1.38 bits per heavy atom. The van der Waals surface area contributed by atoms with E-state index < -0.39 is 0 Å². The fourth-order valence-electron chi connectivity index (χ4n) is 1.30. The summed E-state index contributed by atoms with van der Waals surface area (Å²) in [5, 5.41) is 3.31. The first-order chi connectivity index (χ1) is 6.43. The van der Waals surface area contributed by atoms with Gasteiger partial charge in [-0.05, 0) is 6.92 Å². The Morgan fingerprint density at radius 3 is 2.85 bits per heavy atom. The molecule has 0 aliphatic carbocycles. The molecule has 0 radical (unpaired) electrons. The molecular formula is C10H18N2S. The van der Waals surface area contributed by atoms with Crippen LogP contribution in [0.1, 0.15) is 6.92 Å². The maximum Gasteiger partial charge on any atom is 0.0576 e. The lowest BCUT2D eigenvalue weighted by atomic mass is 10.4. The lowest BCUT2D eigenvalue weighted by molar-refractivity contribution is 0.303. The molecule has 0 atom stereocenters. The molecular weight excluding hydrogens is 180 g/mol. The summed E-state index contributed by atoms with van der Waals surface area (Å²) in [6.45, 7) is 7.46. The Balaban J connectivity index is 1.94. The van der Waals surface area contributed by atoms with E-state index in [1.165, 1.54) is 31.1 Å². The van der Waals surface area contributed by atoms with E-state index in [-0.39, 0.29) is 0 Å². The molecule has 0 unspecified atom stereocenters. The Bertz CT molecular complexity index is 177. The van der Waals surface area contributed by atoms with Crippen LogP contribution in [0.3, 0.4) is 0 Å². The van der Waals surface area contributed by atoms with Gasteiger partial charge in [-0.1, -0.05) is 5.92 Å². The first kappa shape index (κ1) is 10.9. The summed E-state index contributed by atoms with van der Waals surface area (Å²) in [5.41, 5.74) is 0. The van der Waals surface area contributed by atoms with E-state index in [2.05, 4.69) is 33.8 Å². The standard InChI is InChI=1S/C10H18N2S/c1-2-3-4-11-5-6-12-7-9-13-10-8-12/h11H,4-10H2,1H3. The summed E-state index contributed by atoms with van der Waals surface area (Å²) in [6, 6.07) is 0. The van der Waals surface area contributed by atoms with Gasteiger partial charge in [-0.3, -0.25) is 0 Å². The molecule has 0 aromatic heterocycles. The summed E-state index contributed by atoms with van der Waals surface area (Å²) in [4.78, 5) is 2.52. The zero-order valence-corrected chi connectivity index (χ0v) is 9.12. The highest BCUT2D eigenvalue weighted by Gasteiger charge is 2.08. The number of rotatable bonds is 4. The van der Waals surface area contributed by atoms with Gasteiger partial charge in [-0.2, -0.15) is 11.8 Å². The van der Waals surface area contributed by atoms with E-state index in [9.17, 15) is 0 Å². The molecule has 74 valence electrons. The van der Waals surface area contributed by atoms with Crippen LogP contribution in [0.5, 0.6) is 0 Å². The number of nitrogens with one attached hydrogen (secondary N) is 1. The summed E-state index contributed by atoms with van der Waals surface area (Å²) in [7, 11) is 0. The fraction of sp³-hybridized carbons (Fsp3) is 0.800. The van der Waals surface area contributed by atoms with Gasteiger partial charge < -0.3 is 10.2 Å². The van der Waals surface area contributed by atoms with Crippen LogP contribution >= 0.6 is 11.8 Å². The van der Waals surface area contributed by atoms with Gasteiger partial charge in [0, 0.05) is 37.7 Å². The van der Waals surface area contributed by atoms with Crippen molar-refractivity contribution in [3.05, 3.63) is 0 Å². The van der Waals surface area contributed by atoms with Gasteiger partial charge in [0.1, 0.15) is 0 Å². The van der Waals surface area contributed by atoms with Crippen molar-refractivity contribution in [1.29, 1.82) is 0 Å². The zero-order chi connectivity index (χ0) is 9.36. The molecule has 1 rings (SSSR count). The van der Waals surface area contributed by atoms with Gasteiger partial charge in [0.2, 0.25) is 0 Å². The van der Waals surface area contributed by atoms with Crippen molar-refractivity contribution >= 4 is 11.8 Å². The molecule has 1 N–H and O–H groups in total. The van der Waals surface area contributed by atoms with E-state index in [0.29, 0.717) is 0 Å². The molecule has 1 heterocycles. The van der Waals surface area contributed by atoms with Crippen molar-refractivity contribution in [1.82, 2.24) is 10.2 Å². The van der Waals surface area contributed by atoms with Crippen molar-refractivity contribution in [2.75, 3.05) is 44.2 Å². The van der Waals surface area contributed by atoms with Crippen molar-refractivity contribution in [3.8, 4) is 11.8 Å². The van der Waals surface area contributed by atoms with Crippen molar-refractivity contribution in [2.45, 2.75) is 6.92 Å². The minimum Gasteiger partial charge on any atom is -0.305 e. The molecule has 1 fully saturated rings. The summed E-state index contributed by atoms with van der Waals surface area (Å²) < 4.78 is 0. The Morgan fingerprint density at radius 2 is 2.15 bits per heavy atom. The van der Waals surface area contributed by atoms with Crippen LogP contribution in [0, 0.1) is 11.8 Å². The Kier molecular flexibility index (Phi) is 6.09. The third-order valence-corrected chi connectivity index (χ3v) is 3.04. The summed E-state index contributed by atoms with van der Waals surface area (Å²) >= 11 is 2.06. The average Bonchev–Trinajstić information content (AvgIpc) is 2.19. The second-order valence-electron chi connectivity index (χ2n) is 3.06. The van der Waals surface area contributed by atoms with Gasteiger partial charge in [-0.25, -0.2) is 0 Å². The van der Waals surface area contributed by atoms with Crippen LogP contribution < -0.4 is 5.32 Å². The highest BCUT2D eigenvalue weighted by atomic mass is 32.2. The van der Waals surface area contributed by atoms with Crippen LogP contribution in [0.25, 0.3) is 0 Å². The van der Waals surface area contributed by atoms with E-state index in [1.807, 2.05) is 6.92 Å². The largest absolute Gasteiger partial charge is 0.305 e. The Hall–Kier alpha value is -0.170. The molecule has 0 amide bonds. The molecule has 1 aliphatic heterocycles. The van der Waals surface area contributed by atoms with Crippen molar-refractivity contribution in [2.24, 2.45) is 0 Å². The minimum absolute atomic E-state index is 0.832. The summed E-state index contributed by atoms with van der Waals surface area (Å²) in [6.07, 6.45) is 0. The third kappa shape index (κ3) is 5.20. The second-order valence-corrected chi connectivity index (χ2v) is 4.28. The SMILES string of the molecule is CC#CCNCCN1CCSCC1. The molecule has 0 saturated carbocycles. The number of thioether (sulfide) groups is 1. The zero-order valence-electron chi connectivity index (χ0n) is 8.31. The maximum absolute atomic E-state index is 3.31. The van der Waals surface area contributed by atoms with Gasteiger partial charge in [0.15, 0.2) is 0 Å². The molecule has 0 bridgehead atoms. The van der Waals surface area contributed by atoms with Gasteiger partial charge >= 0.3 is 0 Å². The van der Waals surface area contributed by atoms with E-state index in [4.69, 9.17) is 0 Å². The second kappa shape index (κ2) is 7.25. The first-order valence-corrected chi connectivity index (χ1v) is 5.99. The van der Waals surface area contributed by atoms with Crippen molar-refractivity contribution in [3.63, 3.8) is 0 Å². The van der Waals surface area contributed by atoms with Gasteiger partial charge in [0.25, 0.3) is 0 Å². The predicted octanol–water partition coefficient (Wildman–Crippen LogP) is 0.648.